The van der Waals surface area contributed by atoms with Gasteiger partial charge in [-0.25, -0.2) is 0 Å². The highest BCUT2D eigenvalue weighted by atomic mass is 16.1. The molecule has 0 N–H and O–H groups in total. The van der Waals surface area contributed by atoms with Crippen LogP contribution in [0.15, 0.2) is 71.9 Å². The summed E-state index contributed by atoms with van der Waals surface area (Å²) in [6, 6.07) is 20.3. The summed E-state index contributed by atoms with van der Waals surface area (Å²) in [6.45, 7) is 0. The third-order valence-corrected chi connectivity index (χ3v) is 5.08. The number of anilines is 1. The minimum atomic E-state index is 0.107. The van der Waals surface area contributed by atoms with E-state index in [9.17, 15) is 4.79 Å². The molecule has 3 aromatic carbocycles. The summed E-state index contributed by atoms with van der Waals surface area (Å²) >= 11 is 0. The Bertz CT molecular complexity index is 1160. The van der Waals surface area contributed by atoms with Crippen LogP contribution in [-0.2, 0) is 6.42 Å². The number of Topliss-reactive ketones (excluding diaryl/α,β-unsaturated/α-hetero) is 1. The fraction of sp³-hybridized carbons (Fsp3) is 0.0870. The van der Waals surface area contributed by atoms with E-state index in [2.05, 4.69) is 41.0 Å². The lowest BCUT2D eigenvalue weighted by atomic mass is 9.98. The first-order chi connectivity index (χ1) is 12.2. The van der Waals surface area contributed by atoms with Crippen molar-refractivity contribution in [1.29, 1.82) is 0 Å². The van der Waals surface area contributed by atoms with E-state index in [1.165, 1.54) is 5.39 Å². The number of benzene rings is 3. The fourth-order valence-electron chi connectivity index (χ4n) is 3.84. The third-order valence-electron chi connectivity index (χ3n) is 5.08. The highest BCUT2D eigenvalue weighted by Gasteiger charge is 2.30. The van der Waals surface area contributed by atoms with Gasteiger partial charge in [0.15, 0.2) is 5.78 Å². The molecule has 0 aromatic heterocycles. The van der Waals surface area contributed by atoms with E-state index >= 15 is 0 Å². The summed E-state index contributed by atoms with van der Waals surface area (Å²) < 4.78 is 0. The normalized spacial score (nSPS) is 18.0. The predicted octanol–water partition coefficient (Wildman–Crippen LogP) is 4.33. The van der Waals surface area contributed by atoms with Gasteiger partial charge in [0.05, 0.1) is 5.69 Å². The molecule has 2 aliphatic rings. The topological polar surface area (TPSA) is 20.3 Å². The van der Waals surface area contributed by atoms with Gasteiger partial charge in [0.25, 0.3) is 0 Å². The molecule has 0 spiro atoms. The maximum atomic E-state index is 12.9. The monoisotopic (exact) mass is 321 g/mol. The lowest BCUT2D eigenvalue weighted by molar-refractivity contribution is 0.103. The molecule has 2 nitrogen and oxygen atoms in total. The first-order valence-corrected chi connectivity index (χ1v) is 8.37. The van der Waals surface area contributed by atoms with Gasteiger partial charge in [-0.05, 0) is 22.9 Å². The van der Waals surface area contributed by atoms with Gasteiger partial charge in [0, 0.05) is 35.6 Å². The molecule has 0 bridgehead atoms. The lowest BCUT2D eigenvalue weighted by Gasteiger charge is -2.26. The molecule has 0 saturated carbocycles. The zero-order valence-electron chi connectivity index (χ0n) is 13.8. The maximum absolute atomic E-state index is 12.9. The molecule has 0 amide bonds. The molecule has 0 radical (unpaired) electrons. The van der Waals surface area contributed by atoms with Crippen LogP contribution in [0, 0.1) is 11.8 Å². The Labute approximate surface area is 146 Å². The number of hydrogen-bond acceptors (Lipinski definition) is 2. The van der Waals surface area contributed by atoms with Crippen molar-refractivity contribution in [3.05, 3.63) is 88.6 Å². The van der Waals surface area contributed by atoms with E-state index in [0.717, 1.165) is 39.0 Å². The molecule has 25 heavy (non-hydrogen) atoms. The molecule has 0 atom stereocenters. The van der Waals surface area contributed by atoms with E-state index in [1.807, 2.05) is 43.4 Å². The zero-order chi connectivity index (χ0) is 17.0. The van der Waals surface area contributed by atoms with Crippen LogP contribution in [0.2, 0.25) is 0 Å². The van der Waals surface area contributed by atoms with Crippen LogP contribution in [-0.4, -0.2) is 12.8 Å². The number of nitrogens with zero attached hydrogens (tertiary/aromatic N) is 1. The van der Waals surface area contributed by atoms with Crippen molar-refractivity contribution < 1.29 is 4.79 Å². The molecule has 0 saturated heterocycles. The van der Waals surface area contributed by atoms with E-state index in [-0.39, 0.29) is 5.78 Å². The molecular formula is C23H15NO. The predicted molar refractivity (Wildman–Crippen MR) is 101 cm³/mol. The summed E-state index contributed by atoms with van der Waals surface area (Å²) in [4.78, 5) is 15.0. The Hall–Kier alpha value is -3.31. The van der Waals surface area contributed by atoms with Crippen molar-refractivity contribution in [3.8, 4) is 11.8 Å². The van der Waals surface area contributed by atoms with E-state index in [0.29, 0.717) is 6.42 Å². The highest BCUT2D eigenvalue weighted by Crippen LogP contribution is 2.37. The SMILES string of the molecule is CN1/C(=C2\Cc3ccccc3C2=O)C#Cc2ccc3ccccc3c21. The zero-order valence-corrected chi connectivity index (χ0v) is 13.8. The second-order valence-corrected chi connectivity index (χ2v) is 6.48. The summed E-state index contributed by atoms with van der Waals surface area (Å²) in [5, 5.41) is 2.35. The quantitative estimate of drug-likeness (QED) is 0.453. The van der Waals surface area contributed by atoms with Crippen molar-refractivity contribution in [3.63, 3.8) is 0 Å². The average Bonchev–Trinajstić information content (AvgIpc) is 2.98. The molecule has 5 rings (SSSR count). The van der Waals surface area contributed by atoms with Crippen LogP contribution in [0.4, 0.5) is 5.69 Å². The third kappa shape index (κ3) is 1.96. The van der Waals surface area contributed by atoms with Crippen LogP contribution in [0.25, 0.3) is 10.8 Å². The molecule has 0 fully saturated rings. The largest absolute Gasteiger partial charge is 0.336 e. The first kappa shape index (κ1) is 14.1. The maximum Gasteiger partial charge on any atom is 0.192 e. The van der Waals surface area contributed by atoms with Gasteiger partial charge in [-0.15, -0.1) is 0 Å². The lowest BCUT2D eigenvalue weighted by Crippen LogP contribution is -2.22. The van der Waals surface area contributed by atoms with Crippen molar-refractivity contribution in [2.75, 3.05) is 11.9 Å². The Morgan fingerprint density at radius 3 is 2.60 bits per heavy atom. The van der Waals surface area contributed by atoms with Gasteiger partial charge in [0.1, 0.15) is 5.70 Å². The van der Waals surface area contributed by atoms with Crippen molar-refractivity contribution in [2.24, 2.45) is 0 Å². The summed E-state index contributed by atoms with van der Waals surface area (Å²) in [7, 11) is 2.01. The van der Waals surface area contributed by atoms with Crippen LogP contribution in [0.5, 0.6) is 0 Å². The molecule has 1 aliphatic carbocycles. The summed E-state index contributed by atoms with van der Waals surface area (Å²) in [5.74, 6) is 6.60. The minimum absolute atomic E-state index is 0.107. The van der Waals surface area contributed by atoms with Crippen molar-refractivity contribution >= 4 is 22.2 Å². The second kappa shape index (κ2) is 5.09. The van der Waals surface area contributed by atoms with E-state index in [1.54, 1.807) is 0 Å². The van der Waals surface area contributed by atoms with Crippen LogP contribution in [0.3, 0.4) is 0 Å². The molecule has 1 aliphatic heterocycles. The smallest absolute Gasteiger partial charge is 0.192 e. The molecule has 118 valence electrons. The number of rotatable bonds is 0. The number of carbonyl (C=O) groups excluding carboxylic acids is 1. The Morgan fingerprint density at radius 2 is 1.72 bits per heavy atom. The minimum Gasteiger partial charge on any atom is -0.336 e. The van der Waals surface area contributed by atoms with Crippen LogP contribution < -0.4 is 4.90 Å². The molecule has 0 unspecified atom stereocenters. The Morgan fingerprint density at radius 1 is 0.920 bits per heavy atom. The van der Waals surface area contributed by atoms with E-state index in [4.69, 9.17) is 0 Å². The van der Waals surface area contributed by atoms with Crippen LogP contribution >= 0.6 is 0 Å². The summed E-state index contributed by atoms with van der Waals surface area (Å²) in [6.07, 6.45) is 0.656. The molecule has 2 heteroatoms. The summed E-state index contributed by atoms with van der Waals surface area (Å²) in [5.41, 5.74) is 5.62. The standard InChI is InChI=1S/C23H15NO/c1-24-21(20-14-17-7-3-5-9-19(17)23(20)25)13-12-16-11-10-15-6-2-4-8-18(15)22(16)24/h2-11H,14H2,1H3/b21-20+. The number of hydrogen-bond donors (Lipinski definition) is 0. The van der Waals surface area contributed by atoms with E-state index < -0.39 is 0 Å². The first-order valence-electron chi connectivity index (χ1n) is 8.37. The second-order valence-electron chi connectivity index (χ2n) is 6.48. The molecular weight excluding hydrogens is 306 g/mol. The fourth-order valence-corrected chi connectivity index (χ4v) is 3.84. The van der Waals surface area contributed by atoms with Gasteiger partial charge in [-0.3, -0.25) is 4.79 Å². The number of allylic oxidation sites excluding steroid dienone is 2. The van der Waals surface area contributed by atoms with Gasteiger partial charge in [-0.2, -0.15) is 0 Å². The Kier molecular flexibility index (Phi) is 2.87. The van der Waals surface area contributed by atoms with Gasteiger partial charge in [0.2, 0.25) is 0 Å². The number of fused-ring (bicyclic) bond motifs is 4. The van der Waals surface area contributed by atoms with Crippen molar-refractivity contribution in [1.82, 2.24) is 0 Å². The number of ketones is 1. The molecule has 1 heterocycles. The van der Waals surface area contributed by atoms with Gasteiger partial charge in [-0.1, -0.05) is 60.5 Å². The van der Waals surface area contributed by atoms with Crippen molar-refractivity contribution in [2.45, 2.75) is 6.42 Å². The van der Waals surface area contributed by atoms with Gasteiger partial charge >= 0.3 is 0 Å². The average molecular weight is 321 g/mol. The Balaban J connectivity index is 1.73. The van der Waals surface area contributed by atoms with Crippen LogP contribution in [0.1, 0.15) is 21.5 Å². The van der Waals surface area contributed by atoms with Gasteiger partial charge < -0.3 is 4.90 Å². The highest BCUT2D eigenvalue weighted by molar-refractivity contribution is 6.14. The molecule has 3 aromatic rings. The number of carbonyl (C=O) groups is 1.